The number of benzene rings is 2. The molecule has 1 fully saturated rings. The van der Waals surface area contributed by atoms with Gasteiger partial charge in [0.1, 0.15) is 5.82 Å². The van der Waals surface area contributed by atoms with Crippen LogP contribution in [0.2, 0.25) is 0 Å². The van der Waals surface area contributed by atoms with Crippen molar-refractivity contribution in [1.29, 1.82) is 0 Å². The highest BCUT2D eigenvalue weighted by molar-refractivity contribution is 5.99. The molecule has 0 aromatic heterocycles. The minimum Gasteiger partial charge on any atom is -0.308 e. The Bertz CT molecular complexity index is 666. The number of carbonyl (C=O) groups excluding carboxylic acids is 1. The minimum atomic E-state index is -0.386. The van der Waals surface area contributed by atoms with Crippen LogP contribution < -0.4 is 10.6 Å². The van der Waals surface area contributed by atoms with Crippen LogP contribution >= 0.6 is 0 Å². The third-order valence-corrected chi connectivity index (χ3v) is 3.90. The Morgan fingerprint density at radius 1 is 1.00 bits per heavy atom. The first kappa shape index (κ1) is 15.5. The molecule has 0 atom stereocenters. The first-order chi connectivity index (χ1) is 11.2. The fraction of sp³-hybridized carbons (Fsp3) is 0.278. The molecule has 1 aliphatic heterocycles. The molecule has 1 saturated heterocycles. The van der Waals surface area contributed by atoms with Gasteiger partial charge in [0.25, 0.3) is 0 Å². The lowest BCUT2D eigenvalue weighted by Crippen LogP contribution is -2.20. The number of likely N-dealkylation sites (tertiary alicyclic amines) is 1. The summed E-state index contributed by atoms with van der Waals surface area (Å²) < 4.78 is 13.1. The molecule has 0 unspecified atom stereocenters. The second-order valence-electron chi connectivity index (χ2n) is 5.77. The molecule has 1 heterocycles. The SMILES string of the molecule is O=C(Nc1ccc(CN2CCCC2)cc1)Nc1cccc(F)c1. The summed E-state index contributed by atoms with van der Waals surface area (Å²) in [6.45, 7) is 3.28. The third-order valence-electron chi connectivity index (χ3n) is 3.90. The van der Waals surface area contributed by atoms with Gasteiger partial charge < -0.3 is 10.6 Å². The number of amides is 2. The second kappa shape index (κ2) is 7.24. The second-order valence-corrected chi connectivity index (χ2v) is 5.77. The van der Waals surface area contributed by atoms with Gasteiger partial charge in [0.2, 0.25) is 0 Å². The average molecular weight is 313 g/mol. The highest BCUT2D eigenvalue weighted by Gasteiger charge is 2.11. The Balaban J connectivity index is 1.54. The zero-order chi connectivity index (χ0) is 16.1. The maximum Gasteiger partial charge on any atom is 0.323 e. The predicted octanol–water partition coefficient (Wildman–Crippen LogP) is 4.07. The topological polar surface area (TPSA) is 44.4 Å². The van der Waals surface area contributed by atoms with Crippen molar-refractivity contribution < 1.29 is 9.18 Å². The quantitative estimate of drug-likeness (QED) is 0.894. The number of halogens is 1. The van der Waals surface area contributed by atoms with Crippen molar-refractivity contribution in [2.24, 2.45) is 0 Å². The molecule has 0 saturated carbocycles. The standard InChI is InChI=1S/C18H20FN3O/c19-15-4-3-5-17(12-15)21-18(23)20-16-8-6-14(7-9-16)13-22-10-1-2-11-22/h3-9,12H,1-2,10-11,13H2,(H2,20,21,23). The summed E-state index contributed by atoms with van der Waals surface area (Å²) in [5.41, 5.74) is 2.38. The summed E-state index contributed by atoms with van der Waals surface area (Å²) in [5, 5.41) is 5.35. The molecule has 4 nitrogen and oxygen atoms in total. The predicted molar refractivity (Wildman–Crippen MR) is 90.0 cm³/mol. The minimum absolute atomic E-state index is 0.380. The molecular formula is C18H20FN3O. The van der Waals surface area contributed by atoms with E-state index in [4.69, 9.17) is 0 Å². The van der Waals surface area contributed by atoms with Crippen LogP contribution in [0, 0.1) is 5.82 Å². The van der Waals surface area contributed by atoms with E-state index in [-0.39, 0.29) is 11.8 Å². The summed E-state index contributed by atoms with van der Waals surface area (Å²) in [6, 6.07) is 13.2. The van der Waals surface area contributed by atoms with E-state index in [1.807, 2.05) is 24.3 Å². The number of hydrogen-bond acceptors (Lipinski definition) is 2. The normalized spacial score (nSPS) is 14.7. The first-order valence-corrected chi connectivity index (χ1v) is 7.84. The number of urea groups is 1. The molecule has 120 valence electrons. The van der Waals surface area contributed by atoms with Crippen molar-refractivity contribution >= 4 is 17.4 Å². The van der Waals surface area contributed by atoms with Gasteiger partial charge in [0, 0.05) is 17.9 Å². The van der Waals surface area contributed by atoms with Crippen molar-refractivity contribution in [3.05, 3.63) is 59.9 Å². The summed E-state index contributed by atoms with van der Waals surface area (Å²) >= 11 is 0. The van der Waals surface area contributed by atoms with Crippen molar-refractivity contribution in [3.63, 3.8) is 0 Å². The molecule has 2 aromatic carbocycles. The highest BCUT2D eigenvalue weighted by atomic mass is 19.1. The average Bonchev–Trinajstić information content (AvgIpc) is 3.02. The molecule has 2 aromatic rings. The van der Waals surface area contributed by atoms with Crippen LogP contribution in [-0.2, 0) is 6.54 Å². The third kappa shape index (κ3) is 4.53. The van der Waals surface area contributed by atoms with Gasteiger partial charge >= 0.3 is 6.03 Å². The molecule has 0 spiro atoms. The maximum absolute atomic E-state index is 13.1. The van der Waals surface area contributed by atoms with E-state index in [0.29, 0.717) is 11.4 Å². The molecule has 3 rings (SSSR count). The number of nitrogens with one attached hydrogen (secondary N) is 2. The number of anilines is 2. The van der Waals surface area contributed by atoms with Crippen LogP contribution in [0.15, 0.2) is 48.5 Å². The van der Waals surface area contributed by atoms with Gasteiger partial charge in [-0.25, -0.2) is 9.18 Å². The molecule has 0 radical (unpaired) electrons. The van der Waals surface area contributed by atoms with E-state index in [1.54, 1.807) is 12.1 Å². The Hall–Kier alpha value is -2.40. The van der Waals surface area contributed by atoms with Gasteiger partial charge in [-0.05, 0) is 61.8 Å². The largest absolute Gasteiger partial charge is 0.323 e. The number of rotatable bonds is 4. The summed E-state index contributed by atoms with van der Waals surface area (Å²) in [5.74, 6) is -0.380. The van der Waals surface area contributed by atoms with Crippen LogP contribution in [0.25, 0.3) is 0 Å². The van der Waals surface area contributed by atoms with E-state index < -0.39 is 0 Å². The van der Waals surface area contributed by atoms with E-state index in [0.717, 1.165) is 19.6 Å². The fourth-order valence-corrected chi connectivity index (χ4v) is 2.75. The van der Waals surface area contributed by atoms with E-state index >= 15 is 0 Å². The van der Waals surface area contributed by atoms with Crippen molar-refractivity contribution in [2.45, 2.75) is 19.4 Å². The zero-order valence-electron chi connectivity index (χ0n) is 12.9. The van der Waals surface area contributed by atoms with Crippen LogP contribution in [0.4, 0.5) is 20.6 Å². The van der Waals surface area contributed by atoms with Gasteiger partial charge in [0.15, 0.2) is 0 Å². The fourth-order valence-electron chi connectivity index (χ4n) is 2.75. The van der Waals surface area contributed by atoms with Crippen LogP contribution in [-0.4, -0.2) is 24.0 Å². The summed E-state index contributed by atoms with van der Waals surface area (Å²) in [7, 11) is 0. The first-order valence-electron chi connectivity index (χ1n) is 7.84. The van der Waals surface area contributed by atoms with Gasteiger partial charge in [-0.2, -0.15) is 0 Å². The lowest BCUT2D eigenvalue weighted by molar-refractivity contribution is 0.262. The molecule has 0 bridgehead atoms. The Morgan fingerprint density at radius 3 is 2.39 bits per heavy atom. The number of carbonyl (C=O) groups is 1. The number of nitrogens with zero attached hydrogens (tertiary/aromatic N) is 1. The summed E-state index contributed by atoms with van der Waals surface area (Å²) in [6.07, 6.45) is 2.56. The number of hydrogen-bond donors (Lipinski definition) is 2. The van der Waals surface area contributed by atoms with E-state index in [1.165, 1.54) is 30.5 Å². The molecule has 23 heavy (non-hydrogen) atoms. The molecule has 0 aliphatic carbocycles. The Labute approximate surface area is 135 Å². The molecule has 2 N–H and O–H groups in total. The molecular weight excluding hydrogens is 293 g/mol. The van der Waals surface area contributed by atoms with Gasteiger partial charge in [-0.3, -0.25) is 4.90 Å². The zero-order valence-corrected chi connectivity index (χ0v) is 12.9. The van der Waals surface area contributed by atoms with Crippen molar-refractivity contribution in [3.8, 4) is 0 Å². The van der Waals surface area contributed by atoms with E-state index in [9.17, 15) is 9.18 Å². The van der Waals surface area contributed by atoms with Crippen molar-refractivity contribution in [2.75, 3.05) is 23.7 Å². The molecule has 5 heteroatoms. The lowest BCUT2D eigenvalue weighted by Gasteiger charge is -2.15. The highest BCUT2D eigenvalue weighted by Crippen LogP contribution is 2.16. The van der Waals surface area contributed by atoms with Gasteiger partial charge in [-0.1, -0.05) is 18.2 Å². The molecule has 1 aliphatic rings. The van der Waals surface area contributed by atoms with Crippen LogP contribution in [0.5, 0.6) is 0 Å². The Morgan fingerprint density at radius 2 is 1.70 bits per heavy atom. The van der Waals surface area contributed by atoms with Crippen molar-refractivity contribution in [1.82, 2.24) is 4.90 Å². The van der Waals surface area contributed by atoms with Gasteiger partial charge in [0.05, 0.1) is 0 Å². The molecule has 2 amide bonds. The smallest absolute Gasteiger partial charge is 0.308 e. The van der Waals surface area contributed by atoms with E-state index in [2.05, 4.69) is 15.5 Å². The lowest BCUT2D eigenvalue weighted by atomic mass is 10.2. The maximum atomic E-state index is 13.1. The monoisotopic (exact) mass is 313 g/mol. The van der Waals surface area contributed by atoms with Crippen LogP contribution in [0.3, 0.4) is 0 Å². The van der Waals surface area contributed by atoms with Gasteiger partial charge in [-0.15, -0.1) is 0 Å². The summed E-state index contributed by atoms with van der Waals surface area (Å²) in [4.78, 5) is 14.3. The van der Waals surface area contributed by atoms with Crippen LogP contribution in [0.1, 0.15) is 18.4 Å². The Kier molecular flexibility index (Phi) is 4.88.